The van der Waals surface area contributed by atoms with E-state index in [-0.39, 0.29) is 17.7 Å². The summed E-state index contributed by atoms with van der Waals surface area (Å²) in [7, 11) is 0. The third-order valence-electron chi connectivity index (χ3n) is 5.97. The maximum atomic E-state index is 10.8. The van der Waals surface area contributed by atoms with Crippen molar-refractivity contribution in [2.45, 2.75) is 117 Å². The molecule has 1 saturated carbocycles. The number of hydrogen-bond acceptors (Lipinski definition) is 4. The molecular formula is C33H48O4. The van der Waals surface area contributed by atoms with Crippen LogP contribution in [0.15, 0.2) is 60.7 Å². The summed E-state index contributed by atoms with van der Waals surface area (Å²) in [5.74, 6) is 2.96. The normalized spacial score (nSPS) is 17.9. The quantitative estimate of drug-likeness (QED) is 0.288. The fourth-order valence-corrected chi connectivity index (χ4v) is 4.38. The maximum Gasteiger partial charge on any atom is 0.333 e. The molecule has 0 saturated heterocycles. The van der Waals surface area contributed by atoms with E-state index in [1.54, 1.807) is 6.92 Å². The van der Waals surface area contributed by atoms with E-state index in [0.29, 0.717) is 17.4 Å². The number of hydrogen-bond donors (Lipinski definition) is 0. The lowest BCUT2D eigenvalue weighted by molar-refractivity contribution is -0.149. The third-order valence-corrected chi connectivity index (χ3v) is 5.97. The fraction of sp³-hybridized carbons (Fsp3) is 0.545. The zero-order valence-electron chi connectivity index (χ0n) is 24.5. The molecule has 1 aliphatic carbocycles. The molecule has 1 aliphatic rings. The van der Waals surface area contributed by atoms with Gasteiger partial charge in [0.25, 0.3) is 0 Å². The molecular weight excluding hydrogens is 460 g/mol. The molecule has 1 fully saturated rings. The van der Waals surface area contributed by atoms with Gasteiger partial charge in [-0.25, -0.2) is 4.79 Å². The number of carbonyl (C=O) groups is 1. The molecule has 4 heteroatoms. The summed E-state index contributed by atoms with van der Waals surface area (Å²) in [4.78, 5) is 10.8. The molecule has 204 valence electrons. The number of rotatable bonds is 6. The molecule has 0 aliphatic heterocycles. The van der Waals surface area contributed by atoms with Crippen molar-refractivity contribution < 1.29 is 19.0 Å². The zero-order valence-corrected chi connectivity index (χ0v) is 24.5. The molecule has 0 radical (unpaired) electrons. The van der Waals surface area contributed by atoms with E-state index in [0.717, 1.165) is 11.5 Å². The molecule has 3 rings (SSSR count). The highest BCUT2D eigenvalue weighted by molar-refractivity contribution is 5.87. The van der Waals surface area contributed by atoms with Gasteiger partial charge in [0.2, 0.25) is 0 Å². The van der Waals surface area contributed by atoms with Crippen molar-refractivity contribution in [3.63, 3.8) is 0 Å². The minimum absolute atomic E-state index is 0.144. The van der Waals surface area contributed by atoms with Gasteiger partial charge in [0.15, 0.2) is 0 Å². The Kier molecular flexibility index (Phi) is 10.8. The van der Waals surface area contributed by atoms with Crippen LogP contribution in [0.2, 0.25) is 0 Å². The average Bonchev–Trinajstić information content (AvgIpc) is 2.78. The fourth-order valence-electron chi connectivity index (χ4n) is 4.38. The van der Waals surface area contributed by atoms with Crippen molar-refractivity contribution in [2.24, 2.45) is 0 Å². The lowest BCUT2D eigenvalue weighted by Gasteiger charge is -2.29. The molecule has 0 bridgehead atoms. The van der Waals surface area contributed by atoms with E-state index in [2.05, 4.69) is 89.7 Å². The van der Waals surface area contributed by atoms with Crippen LogP contribution in [-0.4, -0.2) is 23.3 Å². The van der Waals surface area contributed by atoms with Crippen LogP contribution in [0.5, 0.6) is 11.5 Å². The van der Waals surface area contributed by atoms with Gasteiger partial charge in [-0.1, -0.05) is 30.8 Å². The summed E-state index contributed by atoms with van der Waals surface area (Å²) in [6.07, 6.45) is 5.26. The van der Waals surface area contributed by atoms with Crippen molar-refractivity contribution in [1.29, 1.82) is 0 Å². The van der Waals surface area contributed by atoms with E-state index in [1.165, 1.54) is 36.8 Å². The third kappa shape index (κ3) is 11.5. The van der Waals surface area contributed by atoms with Gasteiger partial charge in [-0.05, 0) is 135 Å². The average molecular weight is 509 g/mol. The van der Waals surface area contributed by atoms with Gasteiger partial charge in [0.05, 0.1) is 6.10 Å². The summed E-state index contributed by atoms with van der Waals surface area (Å²) in [5.41, 5.74) is 2.80. The first-order chi connectivity index (χ1) is 17.1. The van der Waals surface area contributed by atoms with Crippen LogP contribution in [0.25, 0.3) is 0 Å². The van der Waals surface area contributed by atoms with Crippen LogP contribution in [0.1, 0.15) is 111 Å². The Hall–Kier alpha value is -2.75. The SMILES string of the molecule is C=C(C)C(=O)OC(C)(C)C.CC(C)Oc1ccc(C2CCC(c3ccc(OC(C)(C)C)cc3)CC2)cc1. The number of carbonyl (C=O) groups excluding carboxylic acids is 1. The second-order valence-corrected chi connectivity index (χ2v) is 12.3. The van der Waals surface area contributed by atoms with Crippen LogP contribution in [0.4, 0.5) is 0 Å². The Morgan fingerprint density at radius 2 is 1.16 bits per heavy atom. The second-order valence-electron chi connectivity index (χ2n) is 12.3. The van der Waals surface area contributed by atoms with Gasteiger partial charge in [-0.3, -0.25) is 0 Å². The van der Waals surface area contributed by atoms with E-state index in [9.17, 15) is 4.79 Å². The van der Waals surface area contributed by atoms with Crippen molar-refractivity contribution in [2.75, 3.05) is 0 Å². The molecule has 0 atom stereocenters. The van der Waals surface area contributed by atoms with Crippen LogP contribution in [0, 0.1) is 0 Å². The number of benzene rings is 2. The summed E-state index contributed by atoms with van der Waals surface area (Å²) in [5, 5.41) is 0. The predicted molar refractivity (Wildman–Crippen MR) is 154 cm³/mol. The first kappa shape index (κ1) is 30.5. The first-order valence-electron chi connectivity index (χ1n) is 13.6. The molecule has 2 aromatic carbocycles. The standard InChI is InChI=1S/C25H34O2.C8H14O2/c1-18(2)26-23-14-10-21(11-15-23)19-6-8-20(9-7-19)22-12-16-24(17-13-22)27-25(3,4)5;1-6(2)7(9)10-8(3,4)5/h10-20H,6-9H2,1-5H3;1H2,2-5H3. The van der Waals surface area contributed by atoms with Gasteiger partial charge in [0, 0.05) is 5.57 Å². The Morgan fingerprint density at radius 3 is 1.46 bits per heavy atom. The number of ether oxygens (including phenoxy) is 3. The molecule has 4 nitrogen and oxygen atoms in total. The molecule has 0 spiro atoms. The monoisotopic (exact) mass is 508 g/mol. The summed E-state index contributed by atoms with van der Waals surface area (Å²) < 4.78 is 16.7. The topological polar surface area (TPSA) is 44.8 Å². The molecule has 37 heavy (non-hydrogen) atoms. The molecule has 0 aromatic heterocycles. The summed E-state index contributed by atoms with van der Waals surface area (Å²) >= 11 is 0. The minimum atomic E-state index is -0.407. The Balaban J connectivity index is 0.000000410. The smallest absolute Gasteiger partial charge is 0.333 e. The molecule has 0 heterocycles. The molecule has 0 N–H and O–H groups in total. The Morgan fingerprint density at radius 1 is 0.757 bits per heavy atom. The van der Waals surface area contributed by atoms with E-state index >= 15 is 0 Å². The zero-order chi connectivity index (χ0) is 27.8. The lowest BCUT2D eigenvalue weighted by Crippen LogP contribution is -2.23. The van der Waals surface area contributed by atoms with Crippen LogP contribution >= 0.6 is 0 Å². The van der Waals surface area contributed by atoms with E-state index in [1.807, 2.05) is 20.8 Å². The molecule has 0 amide bonds. The first-order valence-corrected chi connectivity index (χ1v) is 13.6. The summed E-state index contributed by atoms with van der Waals surface area (Å²) in [6, 6.07) is 17.5. The second kappa shape index (κ2) is 13.2. The maximum absolute atomic E-state index is 10.8. The highest BCUT2D eigenvalue weighted by Gasteiger charge is 2.24. The van der Waals surface area contributed by atoms with Gasteiger partial charge in [-0.15, -0.1) is 0 Å². The van der Waals surface area contributed by atoms with Gasteiger partial charge in [-0.2, -0.15) is 0 Å². The van der Waals surface area contributed by atoms with Crippen LogP contribution in [0.3, 0.4) is 0 Å². The number of esters is 1. The van der Waals surface area contributed by atoms with Crippen LogP contribution < -0.4 is 9.47 Å². The molecule has 0 unspecified atom stereocenters. The molecule has 2 aromatic rings. The van der Waals surface area contributed by atoms with Gasteiger partial charge >= 0.3 is 5.97 Å². The van der Waals surface area contributed by atoms with Crippen molar-refractivity contribution in [3.05, 3.63) is 71.8 Å². The highest BCUT2D eigenvalue weighted by Crippen LogP contribution is 2.41. The van der Waals surface area contributed by atoms with Gasteiger partial charge < -0.3 is 14.2 Å². The van der Waals surface area contributed by atoms with E-state index in [4.69, 9.17) is 14.2 Å². The summed E-state index contributed by atoms with van der Waals surface area (Å²) in [6.45, 7) is 21.0. The predicted octanol–water partition coefficient (Wildman–Crippen LogP) is 9.00. The largest absolute Gasteiger partial charge is 0.491 e. The van der Waals surface area contributed by atoms with Crippen molar-refractivity contribution in [1.82, 2.24) is 0 Å². The lowest BCUT2D eigenvalue weighted by atomic mass is 9.76. The Bertz CT molecular complexity index is 981. The highest BCUT2D eigenvalue weighted by atomic mass is 16.6. The van der Waals surface area contributed by atoms with Crippen molar-refractivity contribution in [3.8, 4) is 11.5 Å². The van der Waals surface area contributed by atoms with Gasteiger partial charge in [0.1, 0.15) is 22.7 Å². The van der Waals surface area contributed by atoms with Crippen LogP contribution in [-0.2, 0) is 9.53 Å². The van der Waals surface area contributed by atoms with E-state index < -0.39 is 5.60 Å². The minimum Gasteiger partial charge on any atom is -0.491 e. The Labute approximate surface area is 225 Å². The van der Waals surface area contributed by atoms with Crippen molar-refractivity contribution >= 4 is 5.97 Å².